The number of amides is 2. The van der Waals surface area contributed by atoms with E-state index in [1.807, 2.05) is 0 Å². The number of nitrogens with zero attached hydrogens (tertiary/aromatic N) is 2. The molecule has 1 N–H and O–H groups in total. The summed E-state index contributed by atoms with van der Waals surface area (Å²) in [6, 6.07) is 6.06. The first-order valence-electron chi connectivity index (χ1n) is 8.76. The van der Waals surface area contributed by atoms with Gasteiger partial charge in [0.15, 0.2) is 0 Å². The van der Waals surface area contributed by atoms with E-state index in [2.05, 4.69) is 15.0 Å². The number of hydrogen-bond acceptors (Lipinski definition) is 6. The average molecular weight is 437 g/mol. The Hall–Kier alpha value is -3.34. The van der Waals surface area contributed by atoms with Crippen LogP contribution >= 0.6 is 11.3 Å². The van der Waals surface area contributed by atoms with E-state index in [-0.39, 0.29) is 17.9 Å². The summed E-state index contributed by atoms with van der Waals surface area (Å²) in [4.78, 5) is 30.7. The maximum absolute atomic E-state index is 12.7. The van der Waals surface area contributed by atoms with Crippen molar-refractivity contribution in [2.24, 2.45) is 0 Å². The van der Waals surface area contributed by atoms with Crippen LogP contribution in [0.25, 0.3) is 10.6 Å². The first kappa shape index (κ1) is 20.0. The molecule has 156 valence electrons. The molecule has 0 radical (unpaired) electrons. The van der Waals surface area contributed by atoms with Gasteiger partial charge >= 0.3 is 6.36 Å². The van der Waals surface area contributed by atoms with Crippen LogP contribution in [-0.2, 0) is 4.79 Å². The summed E-state index contributed by atoms with van der Waals surface area (Å²) >= 11 is 1.26. The Balaban J connectivity index is 1.42. The molecule has 30 heavy (non-hydrogen) atoms. The number of benzene rings is 1. The minimum atomic E-state index is -4.83. The Morgan fingerprint density at radius 1 is 1.33 bits per heavy atom. The van der Waals surface area contributed by atoms with Crippen molar-refractivity contribution < 1.29 is 31.9 Å². The number of hydrogen-bond donors (Lipinski definition) is 1. The second-order valence-electron chi connectivity index (χ2n) is 6.40. The third-order valence-electron chi connectivity index (χ3n) is 4.38. The molecule has 11 heteroatoms. The van der Waals surface area contributed by atoms with Gasteiger partial charge in [-0.2, -0.15) is 0 Å². The van der Waals surface area contributed by atoms with E-state index in [1.165, 1.54) is 40.9 Å². The molecule has 3 heterocycles. The lowest BCUT2D eigenvalue weighted by Crippen LogP contribution is -2.41. The molecule has 0 aliphatic carbocycles. The van der Waals surface area contributed by atoms with Crippen molar-refractivity contribution in [2.75, 3.05) is 11.4 Å². The zero-order valence-corrected chi connectivity index (χ0v) is 16.0. The van der Waals surface area contributed by atoms with Crippen LogP contribution in [0.15, 0.2) is 52.7 Å². The lowest BCUT2D eigenvalue weighted by atomic mass is 10.2. The minimum Gasteiger partial charge on any atom is -0.472 e. The van der Waals surface area contributed by atoms with E-state index in [1.54, 1.807) is 11.4 Å². The standard InChI is InChI=1S/C19H14F3N3O4S/c20-19(21,22)29-13-3-1-2-12(8-13)25-6-4-14(18(25)27)23-16(26)15-10-30-17(24-15)11-5-7-28-9-11/h1-3,5,7-10,14H,4,6H2,(H,23,26). The van der Waals surface area contributed by atoms with Gasteiger partial charge in [0.05, 0.1) is 6.26 Å². The maximum atomic E-state index is 12.7. The first-order valence-corrected chi connectivity index (χ1v) is 9.64. The summed E-state index contributed by atoms with van der Waals surface area (Å²) in [6.07, 6.45) is -1.51. The molecule has 1 atom stereocenters. The fourth-order valence-electron chi connectivity index (χ4n) is 3.05. The second kappa shape index (κ2) is 7.82. The number of carbonyl (C=O) groups excluding carboxylic acids is 2. The SMILES string of the molecule is O=C(NC1CCN(c2cccc(OC(F)(F)F)c2)C1=O)c1csc(-c2ccoc2)n1. The van der Waals surface area contributed by atoms with Gasteiger partial charge in [-0.1, -0.05) is 6.07 Å². The number of carbonyl (C=O) groups is 2. The topological polar surface area (TPSA) is 84.7 Å². The molecule has 1 aliphatic heterocycles. The van der Waals surface area contributed by atoms with Crippen LogP contribution < -0.4 is 15.0 Å². The largest absolute Gasteiger partial charge is 0.573 e. The fraction of sp³-hybridized carbons (Fsp3) is 0.211. The quantitative estimate of drug-likeness (QED) is 0.656. The highest BCUT2D eigenvalue weighted by molar-refractivity contribution is 7.13. The van der Waals surface area contributed by atoms with Gasteiger partial charge in [0.2, 0.25) is 5.91 Å². The van der Waals surface area contributed by atoms with E-state index in [0.717, 1.165) is 17.7 Å². The van der Waals surface area contributed by atoms with Gasteiger partial charge in [-0.25, -0.2) is 4.98 Å². The Morgan fingerprint density at radius 3 is 2.90 bits per heavy atom. The Morgan fingerprint density at radius 2 is 2.17 bits per heavy atom. The lowest BCUT2D eigenvalue weighted by molar-refractivity contribution is -0.274. The number of nitrogens with one attached hydrogen (secondary N) is 1. The summed E-state index contributed by atoms with van der Waals surface area (Å²) in [6.45, 7) is 0.247. The average Bonchev–Trinajstić information content (AvgIpc) is 3.42. The summed E-state index contributed by atoms with van der Waals surface area (Å²) in [7, 11) is 0. The number of halogens is 3. The van der Waals surface area contributed by atoms with Crippen LogP contribution in [0.3, 0.4) is 0 Å². The van der Waals surface area contributed by atoms with Gasteiger partial charge in [-0.05, 0) is 24.6 Å². The molecule has 1 aliphatic rings. The third-order valence-corrected chi connectivity index (χ3v) is 5.27. The molecule has 0 saturated carbocycles. The van der Waals surface area contributed by atoms with Crippen LogP contribution in [0.1, 0.15) is 16.9 Å². The number of rotatable bonds is 5. The lowest BCUT2D eigenvalue weighted by Gasteiger charge is -2.18. The molecule has 0 bridgehead atoms. The minimum absolute atomic E-state index is 0.169. The maximum Gasteiger partial charge on any atom is 0.573 e. The monoisotopic (exact) mass is 437 g/mol. The van der Waals surface area contributed by atoms with Crippen molar-refractivity contribution in [1.82, 2.24) is 10.3 Å². The van der Waals surface area contributed by atoms with E-state index in [4.69, 9.17) is 4.42 Å². The summed E-state index contributed by atoms with van der Waals surface area (Å²) in [5.74, 6) is -1.34. The van der Waals surface area contributed by atoms with Gasteiger partial charge in [-0.15, -0.1) is 24.5 Å². The summed E-state index contributed by atoms with van der Waals surface area (Å²) < 4.78 is 46.2. The van der Waals surface area contributed by atoms with Crippen molar-refractivity contribution in [1.29, 1.82) is 0 Å². The van der Waals surface area contributed by atoms with E-state index >= 15 is 0 Å². The van der Waals surface area contributed by atoms with E-state index in [9.17, 15) is 22.8 Å². The van der Waals surface area contributed by atoms with Crippen molar-refractivity contribution in [2.45, 2.75) is 18.8 Å². The molecule has 1 fully saturated rings. The highest BCUT2D eigenvalue weighted by Crippen LogP contribution is 2.29. The van der Waals surface area contributed by atoms with Crippen LogP contribution in [0.2, 0.25) is 0 Å². The Kier molecular flexibility index (Phi) is 5.20. The highest BCUT2D eigenvalue weighted by atomic mass is 32.1. The molecule has 7 nitrogen and oxygen atoms in total. The first-order chi connectivity index (χ1) is 14.3. The van der Waals surface area contributed by atoms with Crippen molar-refractivity contribution in [3.8, 4) is 16.3 Å². The zero-order valence-electron chi connectivity index (χ0n) is 15.2. The van der Waals surface area contributed by atoms with Crippen LogP contribution in [0.5, 0.6) is 5.75 Å². The predicted molar refractivity (Wildman–Crippen MR) is 101 cm³/mol. The number of alkyl halides is 3. The molecule has 3 aromatic rings. The predicted octanol–water partition coefficient (Wildman–Crippen LogP) is 3.84. The Labute approximate surface area is 172 Å². The number of aromatic nitrogens is 1. The number of anilines is 1. The van der Waals surface area contributed by atoms with Crippen LogP contribution in [0.4, 0.5) is 18.9 Å². The molecule has 1 saturated heterocycles. The molecule has 1 aromatic carbocycles. The molecule has 2 amide bonds. The molecule has 2 aromatic heterocycles. The molecule has 1 unspecified atom stereocenters. The number of furan rings is 1. The van der Waals surface area contributed by atoms with Gasteiger partial charge in [0.25, 0.3) is 5.91 Å². The normalized spacial score (nSPS) is 16.7. The molecule has 0 spiro atoms. The molecular weight excluding hydrogens is 423 g/mol. The Bertz CT molecular complexity index is 1070. The van der Waals surface area contributed by atoms with Crippen molar-refractivity contribution in [3.05, 3.63) is 53.9 Å². The summed E-state index contributed by atoms with van der Waals surface area (Å²) in [5.41, 5.74) is 1.17. The van der Waals surface area contributed by atoms with Crippen molar-refractivity contribution in [3.63, 3.8) is 0 Å². The van der Waals surface area contributed by atoms with Crippen molar-refractivity contribution >= 4 is 28.8 Å². The van der Waals surface area contributed by atoms with Gasteiger partial charge in [-0.3, -0.25) is 9.59 Å². The van der Waals surface area contributed by atoms with E-state index in [0.29, 0.717) is 11.4 Å². The fourth-order valence-corrected chi connectivity index (χ4v) is 3.83. The summed E-state index contributed by atoms with van der Waals surface area (Å²) in [5, 5.41) is 4.82. The smallest absolute Gasteiger partial charge is 0.472 e. The van der Waals surface area contributed by atoms with Gasteiger partial charge in [0.1, 0.15) is 28.8 Å². The van der Waals surface area contributed by atoms with Gasteiger partial charge in [0, 0.05) is 29.2 Å². The van der Waals surface area contributed by atoms with E-state index < -0.39 is 30.0 Å². The number of ether oxygens (including phenoxy) is 1. The number of thiazole rings is 1. The second-order valence-corrected chi connectivity index (χ2v) is 7.26. The third kappa shape index (κ3) is 4.30. The van der Waals surface area contributed by atoms with Gasteiger partial charge < -0.3 is 19.4 Å². The molecular formula is C19H14F3N3O4S. The molecule has 4 rings (SSSR count). The van der Waals surface area contributed by atoms with Crippen LogP contribution in [0, 0.1) is 0 Å². The van der Waals surface area contributed by atoms with Crippen LogP contribution in [-0.4, -0.2) is 35.7 Å². The zero-order chi connectivity index (χ0) is 21.3. The highest BCUT2D eigenvalue weighted by Gasteiger charge is 2.35.